The first-order chi connectivity index (χ1) is 23.3. The van der Waals surface area contributed by atoms with Crippen molar-refractivity contribution in [2.75, 3.05) is 4.90 Å². The van der Waals surface area contributed by atoms with Gasteiger partial charge in [0.2, 0.25) is 5.89 Å². The van der Waals surface area contributed by atoms with Crippen molar-refractivity contribution in [3.63, 3.8) is 0 Å². The smallest absolute Gasteiger partial charge is 0.227 e. The number of benzene rings is 7. The van der Waals surface area contributed by atoms with Crippen LogP contribution in [0.4, 0.5) is 17.1 Å². The van der Waals surface area contributed by atoms with Crippen LogP contribution in [0.2, 0.25) is 0 Å². The molecule has 0 aliphatic heterocycles. The van der Waals surface area contributed by atoms with Gasteiger partial charge in [-0.15, -0.1) is 0 Å². The second-order valence-electron chi connectivity index (χ2n) is 11.9. The number of fused-ring (bicyclic) bond motifs is 6. The van der Waals surface area contributed by atoms with Gasteiger partial charge in [-0.05, 0) is 59.7 Å². The van der Waals surface area contributed by atoms with Gasteiger partial charge in [0.1, 0.15) is 11.3 Å². The Labute approximate surface area is 270 Å². The van der Waals surface area contributed by atoms with Gasteiger partial charge >= 0.3 is 0 Å². The quantitative estimate of drug-likeness (QED) is 0.197. The summed E-state index contributed by atoms with van der Waals surface area (Å²) in [6, 6.07) is 54.9. The van der Waals surface area contributed by atoms with Crippen molar-refractivity contribution in [1.82, 2.24) is 4.98 Å². The Balaban J connectivity index is 1.22. The summed E-state index contributed by atoms with van der Waals surface area (Å²) in [6.07, 6.45) is 0. The van der Waals surface area contributed by atoms with Gasteiger partial charge in [-0.25, -0.2) is 4.98 Å². The number of hydrogen-bond donors (Lipinski definition) is 0. The number of para-hydroxylation sites is 2. The molecule has 0 atom stereocenters. The molecule has 4 nitrogen and oxygen atoms in total. The maximum atomic E-state index is 6.62. The molecule has 0 saturated heterocycles. The molecule has 2 heterocycles. The summed E-state index contributed by atoms with van der Waals surface area (Å²) >= 11 is 0. The Bertz CT molecular complexity index is 2610. The van der Waals surface area contributed by atoms with Crippen LogP contribution in [0.5, 0.6) is 0 Å². The van der Waals surface area contributed by atoms with Crippen molar-refractivity contribution in [3.8, 4) is 45.2 Å². The molecule has 7 aromatic carbocycles. The van der Waals surface area contributed by atoms with Crippen molar-refractivity contribution in [1.29, 1.82) is 0 Å². The number of hydrogen-bond acceptors (Lipinski definition) is 4. The first kappa shape index (κ1) is 25.9. The number of aromatic nitrogens is 1. The third-order valence-corrected chi connectivity index (χ3v) is 9.24. The molecule has 1 aliphatic carbocycles. The van der Waals surface area contributed by atoms with Gasteiger partial charge in [-0.3, -0.25) is 0 Å². The molecule has 47 heavy (non-hydrogen) atoms. The molecule has 220 valence electrons. The van der Waals surface area contributed by atoms with Crippen molar-refractivity contribution in [3.05, 3.63) is 158 Å². The van der Waals surface area contributed by atoms with E-state index in [0.29, 0.717) is 5.89 Å². The van der Waals surface area contributed by atoms with Gasteiger partial charge in [-0.1, -0.05) is 109 Å². The molecule has 0 N–H and O–H groups in total. The molecular weight excluding hydrogens is 576 g/mol. The molecule has 0 fully saturated rings. The molecular formula is C43H26N2O2. The molecule has 2 aromatic heterocycles. The maximum Gasteiger partial charge on any atom is 0.227 e. The lowest BCUT2D eigenvalue weighted by Gasteiger charge is -2.27. The predicted octanol–water partition coefficient (Wildman–Crippen LogP) is 12.2. The first-order valence-corrected chi connectivity index (χ1v) is 15.8. The van der Waals surface area contributed by atoms with Crippen molar-refractivity contribution >= 4 is 49.8 Å². The van der Waals surface area contributed by atoms with Gasteiger partial charge in [-0.2, -0.15) is 0 Å². The minimum absolute atomic E-state index is 0.637. The lowest BCUT2D eigenvalue weighted by Crippen LogP contribution is -2.11. The van der Waals surface area contributed by atoms with E-state index >= 15 is 0 Å². The Morgan fingerprint density at radius 3 is 2.04 bits per heavy atom. The monoisotopic (exact) mass is 602 g/mol. The summed E-state index contributed by atoms with van der Waals surface area (Å²) < 4.78 is 13.1. The average Bonchev–Trinajstić information content (AvgIpc) is 3.83. The van der Waals surface area contributed by atoms with E-state index < -0.39 is 0 Å². The largest absolute Gasteiger partial charge is 0.454 e. The standard InChI is InChI=1S/C43H26N2O2/c1-3-12-27(13-4-1)29-16-9-17-30(26-29)45(37-22-11-19-32-31-18-7-8-23-38(31)46-41(32)37)36-25-24-34-39-33(36)20-10-21-35(39)42-40(34)44-43(47-42)28-14-5-2-6-15-28/h1-26H. The summed E-state index contributed by atoms with van der Waals surface area (Å²) in [5.74, 6) is 1.46. The summed E-state index contributed by atoms with van der Waals surface area (Å²) in [6.45, 7) is 0. The van der Waals surface area contributed by atoms with E-state index in [2.05, 4.69) is 120 Å². The number of oxazole rings is 1. The Hall–Kier alpha value is -6.39. The normalized spacial score (nSPS) is 11.8. The summed E-state index contributed by atoms with van der Waals surface area (Å²) in [5.41, 5.74) is 11.1. The molecule has 10 rings (SSSR count). The van der Waals surface area contributed by atoms with Crippen LogP contribution < -0.4 is 4.90 Å². The summed E-state index contributed by atoms with van der Waals surface area (Å²) in [4.78, 5) is 7.34. The van der Waals surface area contributed by atoms with E-state index in [1.807, 2.05) is 42.5 Å². The summed E-state index contributed by atoms with van der Waals surface area (Å²) in [5, 5.41) is 4.46. The van der Waals surface area contributed by atoms with Crippen LogP contribution >= 0.6 is 0 Å². The molecule has 9 aromatic rings. The number of nitrogens with zero attached hydrogens (tertiary/aromatic N) is 2. The molecule has 0 radical (unpaired) electrons. The number of rotatable bonds is 5. The molecule has 4 heteroatoms. The zero-order valence-electron chi connectivity index (χ0n) is 25.2. The van der Waals surface area contributed by atoms with Crippen molar-refractivity contribution in [2.24, 2.45) is 0 Å². The highest BCUT2D eigenvalue weighted by Crippen LogP contribution is 2.52. The fourth-order valence-corrected chi connectivity index (χ4v) is 7.13. The fraction of sp³-hybridized carbons (Fsp3) is 0. The van der Waals surface area contributed by atoms with Crippen LogP contribution in [0.1, 0.15) is 0 Å². The molecule has 1 aliphatic rings. The van der Waals surface area contributed by atoms with E-state index in [1.165, 1.54) is 5.56 Å². The molecule has 0 amide bonds. The minimum atomic E-state index is 0.637. The second-order valence-corrected chi connectivity index (χ2v) is 11.9. The number of furan rings is 1. The van der Waals surface area contributed by atoms with E-state index in [1.54, 1.807) is 0 Å². The van der Waals surface area contributed by atoms with E-state index in [9.17, 15) is 0 Å². The van der Waals surface area contributed by atoms with Crippen molar-refractivity contribution < 1.29 is 8.83 Å². The zero-order chi connectivity index (χ0) is 30.9. The molecule has 0 unspecified atom stereocenters. The Morgan fingerprint density at radius 1 is 0.468 bits per heavy atom. The lowest BCUT2D eigenvalue weighted by atomic mass is 9.99. The average molecular weight is 603 g/mol. The van der Waals surface area contributed by atoms with Crippen LogP contribution in [0.15, 0.2) is 167 Å². The zero-order valence-corrected chi connectivity index (χ0v) is 25.2. The summed E-state index contributed by atoms with van der Waals surface area (Å²) in [7, 11) is 0. The van der Waals surface area contributed by atoms with Crippen LogP contribution in [0.25, 0.3) is 77.9 Å². The van der Waals surface area contributed by atoms with Crippen LogP contribution in [0.3, 0.4) is 0 Å². The third-order valence-electron chi connectivity index (χ3n) is 9.24. The third kappa shape index (κ3) is 3.92. The van der Waals surface area contributed by atoms with E-state index in [0.717, 1.165) is 83.5 Å². The molecule has 0 saturated carbocycles. The minimum Gasteiger partial charge on any atom is -0.454 e. The topological polar surface area (TPSA) is 42.4 Å². The SMILES string of the molecule is c1ccc(-c2cccc(N(c3ccc4c5c(cccc35)-c3oc(-c5ccccc5)nc3-4)c3cccc4c3oc3ccccc34)c2)cc1. The highest BCUT2D eigenvalue weighted by atomic mass is 16.4. The highest BCUT2D eigenvalue weighted by Gasteiger charge is 2.30. The van der Waals surface area contributed by atoms with Gasteiger partial charge < -0.3 is 13.7 Å². The van der Waals surface area contributed by atoms with Crippen LogP contribution in [0, 0.1) is 0 Å². The second kappa shape index (κ2) is 10.1. The highest BCUT2D eigenvalue weighted by molar-refractivity contribution is 6.19. The fourth-order valence-electron chi connectivity index (χ4n) is 7.13. The van der Waals surface area contributed by atoms with Gasteiger partial charge in [0.25, 0.3) is 0 Å². The molecule has 0 bridgehead atoms. The predicted molar refractivity (Wildman–Crippen MR) is 191 cm³/mol. The van der Waals surface area contributed by atoms with Gasteiger partial charge in [0, 0.05) is 43.9 Å². The first-order valence-electron chi connectivity index (χ1n) is 15.8. The molecule has 0 spiro atoms. The lowest BCUT2D eigenvalue weighted by molar-refractivity contribution is 0.590. The van der Waals surface area contributed by atoms with Crippen molar-refractivity contribution in [2.45, 2.75) is 0 Å². The van der Waals surface area contributed by atoms with E-state index in [4.69, 9.17) is 13.8 Å². The maximum absolute atomic E-state index is 6.62. The van der Waals surface area contributed by atoms with E-state index in [-0.39, 0.29) is 0 Å². The van der Waals surface area contributed by atoms with Gasteiger partial charge in [0.15, 0.2) is 11.3 Å². The van der Waals surface area contributed by atoms with Crippen LogP contribution in [-0.4, -0.2) is 4.98 Å². The Kier molecular flexibility index (Phi) is 5.54. The van der Waals surface area contributed by atoms with Crippen LogP contribution in [-0.2, 0) is 0 Å². The Morgan fingerprint density at radius 2 is 1.17 bits per heavy atom. The van der Waals surface area contributed by atoms with Gasteiger partial charge in [0.05, 0.1) is 11.4 Å². The number of anilines is 3.